The first-order chi connectivity index (χ1) is 16.6. The summed E-state index contributed by atoms with van der Waals surface area (Å²) in [5, 5.41) is 0. The van der Waals surface area contributed by atoms with E-state index in [4.69, 9.17) is 18.9 Å². The SMILES string of the molecule is COc1ccc(CC2c3cc(OC)c(OC)cc3CCCN2C(C)c2ccccc2)cc1OC. The smallest absolute Gasteiger partial charge is 0.161 e. The predicted molar refractivity (Wildman–Crippen MR) is 135 cm³/mol. The molecule has 0 N–H and O–H groups in total. The maximum absolute atomic E-state index is 5.71. The van der Waals surface area contributed by atoms with Gasteiger partial charge in [0.1, 0.15) is 0 Å². The van der Waals surface area contributed by atoms with Crippen molar-refractivity contribution in [1.82, 2.24) is 4.90 Å². The van der Waals surface area contributed by atoms with E-state index in [-0.39, 0.29) is 12.1 Å². The summed E-state index contributed by atoms with van der Waals surface area (Å²) in [6.07, 6.45) is 2.94. The molecule has 5 nitrogen and oxygen atoms in total. The van der Waals surface area contributed by atoms with Gasteiger partial charge in [-0.3, -0.25) is 4.90 Å². The number of ether oxygens (including phenoxy) is 4. The number of rotatable bonds is 8. The van der Waals surface area contributed by atoms with Gasteiger partial charge in [-0.1, -0.05) is 36.4 Å². The van der Waals surface area contributed by atoms with E-state index >= 15 is 0 Å². The van der Waals surface area contributed by atoms with Crippen molar-refractivity contribution < 1.29 is 18.9 Å². The third-order valence-electron chi connectivity index (χ3n) is 6.92. The van der Waals surface area contributed by atoms with Gasteiger partial charge in [-0.05, 0) is 79.3 Å². The molecule has 0 fully saturated rings. The average Bonchev–Trinajstić information content (AvgIpc) is 3.06. The van der Waals surface area contributed by atoms with Gasteiger partial charge in [0.2, 0.25) is 0 Å². The van der Waals surface area contributed by atoms with Crippen LogP contribution >= 0.6 is 0 Å². The Morgan fingerprint density at radius 2 is 1.44 bits per heavy atom. The summed E-state index contributed by atoms with van der Waals surface area (Å²) in [4.78, 5) is 2.63. The molecule has 0 bridgehead atoms. The van der Waals surface area contributed by atoms with Gasteiger partial charge < -0.3 is 18.9 Å². The molecule has 180 valence electrons. The molecule has 1 aliphatic rings. The van der Waals surface area contributed by atoms with Crippen molar-refractivity contribution in [2.24, 2.45) is 0 Å². The highest BCUT2D eigenvalue weighted by atomic mass is 16.5. The Morgan fingerprint density at radius 3 is 2.12 bits per heavy atom. The molecule has 3 aromatic rings. The van der Waals surface area contributed by atoms with E-state index in [1.165, 1.54) is 22.3 Å². The van der Waals surface area contributed by atoms with E-state index in [0.29, 0.717) is 0 Å². The molecular weight excluding hydrogens is 426 g/mol. The highest BCUT2D eigenvalue weighted by Gasteiger charge is 2.31. The normalized spacial score (nSPS) is 16.8. The van der Waals surface area contributed by atoms with Gasteiger partial charge in [0.05, 0.1) is 28.4 Å². The zero-order valence-corrected chi connectivity index (χ0v) is 20.8. The van der Waals surface area contributed by atoms with E-state index in [1.54, 1.807) is 28.4 Å². The zero-order chi connectivity index (χ0) is 24.1. The number of aryl methyl sites for hydroxylation is 1. The minimum Gasteiger partial charge on any atom is -0.493 e. The molecule has 3 aromatic carbocycles. The highest BCUT2D eigenvalue weighted by Crippen LogP contribution is 2.42. The second-order valence-electron chi connectivity index (χ2n) is 8.74. The average molecular weight is 462 g/mol. The molecule has 0 saturated heterocycles. The molecule has 0 aromatic heterocycles. The van der Waals surface area contributed by atoms with Crippen LogP contribution in [0.15, 0.2) is 60.7 Å². The lowest BCUT2D eigenvalue weighted by molar-refractivity contribution is 0.145. The third kappa shape index (κ3) is 4.85. The fourth-order valence-electron chi connectivity index (χ4n) is 5.09. The molecule has 0 saturated carbocycles. The number of nitrogens with zero attached hydrogens (tertiary/aromatic N) is 1. The monoisotopic (exact) mass is 461 g/mol. The van der Waals surface area contributed by atoms with E-state index in [0.717, 1.165) is 48.8 Å². The Labute approximate surface area is 203 Å². The topological polar surface area (TPSA) is 40.2 Å². The fraction of sp³-hybridized carbons (Fsp3) is 0.379. The molecule has 0 radical (unpaired) electrons. The molecule has 1 aliphatic heterocycles. The van der Waals surface area contributed by atoms with Crippen molar-refractivity contribution in [1.29, 1.82) is 0 Å². The van der Waals surface area contributed by atoms with Crippen LogP contribution in [-0.4, -0.2) is 39.9 Å². The molecule has 4 rings (SSSR count). The molecule has 0 spiro atoms. The predicted octanol–water partition coefficient (Wildman–Crippen LogP) is 6.01. The standard InChI is InChI=1S/C29H35NO4/c1-20(22-10-7-6-8-11-22)30-15-9-12-23-18-28(33-4)29(34-5)19-24(23)25(30)16-21-13-14-26(31-2)27(17-21)32-3/h6-8,10-11,13-14,17-20,25H,9,12,15-16H2,1-5H3. The number of benzene rings is 3. The first-order valence-corrected chi connectivity index (χ1v) is 11.9. The van der Waals surface area contributed by atoms with Crippen molar-refractivity contribution in [2.45, 2.75) is 38.3 Å². The van der Waals surface area contributed by atoms with E-state index in [9.17, 15) is 0 Å². The minimum atomic E-state index is 0.172. The molecule has 0 aliphatic carbocycles. The van der Waals surface area contributed by atoms with Gasteiger partial charge in [0, 0.05) is 12.1 Å². The Hall–Kier alpha value is -3.18. The van der Waals surface area contributed by atoms with Gasteiger partial charge in [0.25, 0.3) is 0 Å². The second kappa shape index (κ2) is 10.8. The molecule has 5 heteroatoms. The molecule has 2 atom stereocenters. The van der Waals surface area contributed by atoms with Gasteiger partial charge in [-0.2, -0.15) is 0 Å². The van der Waals surface area contributed by atoms with Crippen molar-refractivity contribution in [3.05, 3.63) is 82.9 Å². The van der Waals surface area contributed by atoms with Crippen LogP contribution in [0.3, 0.4) is 0 Å². The van der Waals surface area contributed by atoms with Crippen molar-refractivity contribution in [3.63, 3.8) is 0 Å². The van der Waals surface area contributed by atoms with Crippen LogP contribution in [0.2, 0.25) is 0 Å². The second-order valence-corrected chi connectivity index (χ2v) is 8.74. The molecule has 1 heterocycles. The maximum atomic E-state index is 5.71. The van der Waals surface area contributed by atoms with Crippen LogP contribution in [0.25, 0.3) is 0 Å². The lowest BCUT2D eigenvalue weighted by atomic mass is 9.91. The Morgan fingerprint density at radius 1 is 0.794 bits per heavy atom. The summed E-state index contributed by atoms with van der Waals surface area (Å²) in [6.45, 7) is 3.32. The van der Waals surface area contributed by atoms with Crippen molar-refractivity contribution in [3.8, 4) is 23.0 Å². The molecule has 2 unspecified atom stereocenters. The number of fused-ring (bicyclic) bond motifs is 1. The maximum Gasteiger partial charge on any atom is 0.161 e. The number of hydrogen-bond acceptors (Lipinski definition) is 5. The van der Waals surface area contributed by atoms with E-state index < -0.39 is 0 Å². The van der Waals surface area contributed by atoms with Crippen molar-refractivity contribution >= 4 is 0 Å². The minimum absolute atomic E-state index is 0.172. The summed E-state index contributed by atoms with van der Waals surface area (Å²) < 4.78 is 22.4. The van der Waals surface area contributed by atoms with Crippen LogP contribution < -0.4 is 18.9 Å². The fourth-order valence-corrected chi connectivity index (χ4v) is 5.09. The Kier molecular flexibility index (Phi) is 7.63. The van der Waals surface area contributed by atoms with Crippen LogP contribution in [0.1, 0.15) is 47.7 Å². The van der Waals surface area contributed by atoms with E-state index in [1.807, 2.05) is 6.07 Å². The Bertz CT molecular complexity index is 1100. The zero-order valence-electron chi connectivity index (χ0n) is 20.8. The van der Waals surface area contributed by atoms with Crippen LogP contribution in [-0.2, 0) is 12.8 Å². The quantitative estimate of drug-likeness (QED) is 0.411. The first kappa shape index (κ1) is 24.0. The van der Waals surface area contributed by atoms with Gasteiger partial charge in [0.15, 0.2) is 23.0 Å². The lowest BCUT2D eigenvalue weighted by Crippen LogP contribution is -2.33. The van der Waals surface area contributed by atoms with Gasteiger partial charge >= 0.3 is 0 Å². The van der Waals surface area contributed by atoms with Gasteiger partial charge in [-0.15, -0.1) is 0 Å². The Balaban J connectivity index is 1.80. The first-order valence-electron chi connectivity index (χ1n) is 11.9. The summed E-state index contributed by atoms with van der Waals surface area (Å²) in [5.41, 5.74) is 5.15. The molecule has 0 amide bonds. The highest BCUT2D eigenvalue weighted by molar-refractivity contribution is 5.50. The van der Waals surface area contributed by atoms with Crippen LogP contribution in [0, 0.1) is 0 Å². The summed E-state index contributed by atoms with van der Waals surface area (Å²) in [5.74, 6) is 3.06. The van der Waals surface area contributed by atoms with Crippen molar-refractivity contribution in [2.75, 3.05) is 35.0 Å². The third-order valence-corrected chi connectivity index (χ3v) is 6.92. The van der Waals surface area contributed by atoms with Gasteiger partial charge in [-0.25, -0.2) is 0 Å². The van der Waals surface area contributed by atoms with Crippen LogP contribution in [0.5, 0.6) is 23.0 Å². The number of hydrogen-bond donors (Lipinski definition) is 0. The van der Waals surface area contributed by atoms with E-state index in [2.05, 4.69) is 66.4 Å². The molecule has 34 heavy (non-hydrogen) atoms. The summed E-state index contributed by atoms with van der Waals surface area (Å²) in [6, 6.07) is 21.8. The van der Waals surface area contributed by atoms with Crippen LogP contribution in [0.4, 0.5) is 0 Å². The summed E-state index contributed by atoms with van der Waals surface area (Å²) in [7, 11) is 6.76. The lowest BCUT2D eigenvalue weighted by Gasteiger charge is -2.37. The summed E-state index contributed by atoms with van der Waals surface area (Å²) >= 11 is 0. The largest absolute Gasteiger partial charge is 0.493 e. The number of methoxy groups -OCH3 is 4. The molecular formula is C29H35NO4.